The number of hydrogen-bond donors (Lipinski definition) is 1. The molecule has 2 aromatic heterocycles. The van der Waals surface area contributed by atoms with Crippen molar-refractivity contribution in [2.24, 2.45) is 5.73 Å². The monoisotopic (exact) mass is 344 g/mol. The van der Waals surface area contributed by atoms with E-state index in [2.05, 4.69) is 42.1 Å². The first-order chi connectivity index (χ1) is 8.78. The van der Waals surface area contributed by atoms with Gasteiger partial charge in [-0.1, -0.05) is 11.8 Å². The van der Waals surface area contributed by atoms with Gasteiger partial charge in [-0.2, -0.15) is 0 Å². The molecule has 0 bridgehead atoms. The molecule has 2 heterocycles. The third kappa shape index (κ3) is 2.64. The minimum Gasteiger partial charge on any atom is -0.324 e. The van der Waals surface area contributed by atoms with Crippen molar-refractivity contribution in [1.29, 1.82) is 0 Å². The molecule has 1 aliphatic rings. The number of nitrogens with zero attached hydrogens (tertiary/aromatic N) is 3. The van der Waals surface area contributed by atoms with Crippen LogP contribution in [0.3, 0.4) is 0 Å². The van der Waals surface area contributed by atoms with Crippen LogP contribution in [0.5, 0.6) is 0 Å². The maximum Gasteiger partial charge on any atom is 0.191 e. The fraction of sp³-hybridized carbons (Fsp3) is 0.455. The van der Waals surface area contributed by atoms with Crippen LogP contribution in [0.15, 0.2) is 21.1 Å². The zero-order valence-electron chi connectivity index (χ0n) is 9.67. The second kappa shape index (κ2) is 5.32. The first-order valence-corrected chi connectivity index (χ1v) is 8.43. The summed E-state index contributed by atoms with van der Waals surface area (Å²) in [4.78, 5) is 1.34. The number of rotatable bonds is 5. The summed E-state index contributed by atoms with van der Waals surface area (Å²) >= 11 is 6.98. The third-order valence-electron chi connectivity index (χ3n) is 2.80. The predicted octanol–water partition coefficient (Wildman–Crippen LogP) is 3.19. The Balaban J connectivity index is 1.74. The van der Waals surface area contributed by atoms with Crippen LogP contribution < -0.4 is 5.73 Å². The molecule has 0 amide bonds. The highest BCUT2D eigenvalue weighted by molar-refractivity contribution is 9.10. The van der Waals surface area contributed by atoms with Crippen LogP contribution in [0, 0.1) is 0 Å². The smallest absolute Gasteiger partial charge is 0.191 e. The van der Waals surface area contributed by atoms with E-state index in [1.165, 1.54) is 17.7 Å². The van der Waals surface area contributed by atoms with Gasteiger partial charge < -0.3 is 10.3 Å². The van der Waals surface area contributed by atoms with Crippen molar-refractivity contribution in [3.8, 4) is 0 Å². The molecule has 1 aliphatic carbocycles. The summed E-state index contributed by atoms with van der Waals surface area (Å²) in [5.41, 5.74) is 5.70. The van der Waals surface area contributed by atoms with Crippen molar-refractivity contribution in [2.45, 2.75) is 36.3 Å². The normalized spacial score (nSPS) is 15.2. The van der Waals surface area contributed by atoms with Gasteiger partial charge in [-0.15, -0.1) is 21.5 Å². The second-order valence-electron chi connectivity index (χ2n) is 4.22. The van der Waals surface area contributed by atoms with Crippen molar-refractivity contribution in [3.05, 3.63) is 26.6 Å². The summed E-state index contributed by atoms with van der Waals surface area (Å²) in [6, 6.07) is 2.73. The van der Waals surface area contributed by atoms with E-state index in [9.17, 15) is 0 Å². The molecule has 0 saturated heterocycles. The van der Waals surface area contributed by atoms with E-state index in [1.807, 2.05) is 0 Å². The maximum atomic E-state index is 5.70. The molecule has 0 unspecified atom stereocenters. The highest BCUT2D eigenvalue weighted by atomic mass is 79.9. The molecule has 3 rings (SSSR count). The fourth-order valence-electron chi connectivity index (χ4n) is 1.81. The summed E-state index contributed by atoms with van der Waals surface area (Å²) in [6.07, 6.45) is 2.45. The minimum atomic E-state index is 0.467. The first kappa shape index (κ1) is 12.7. The van der Waals surface area contributed by atoms with E-state index >= 15 is 0 Å². The summed E-state index contributed by atoms with van der Waals surface area (Å²) in [5, 5.41) is 11.5. The van der Waals surface area contributed by atoms with Gasteiger partial charge in [0.25, 0.3) is 0 Å². The Morgan fingerprint density at radius 3 is 2.94 bits per heavy atom. The van der Waals surface area contributed by atoms with Gasteiger partial charge in [-0.25, -0.2) is 0 Å². The average molecular weight is 345 g/mol. The highest BCUT2D eigenvalue weighted by Crippen LogP contribution is 2.39. The van der Waals surface area contributed by atoms with Crippen LogP contribution in [0.1, 0.15) is 29.6 Å². The van der Waals surface area contributed by atoms with Gasteiger partial charge in [-0.3, -0.25) is 0 Å². The molecule has 0 aromatic carbocycles. The van der Waals surface area contributed by atoms with Crippen molar-refractivity contribution < 1.29 is 0 Å². The number of thioether (sulfide) groups is 1. The Bertz CT molecular complexity index is 547. The molecule has 2 aromatic rings. The molecule has 4 nitrogen and oxygen atoms in total. The summed E-state index contributed by atoms with van der Waals surface area (Å²) in [6.45, 7) is 0.467. The molecule has 1 saturated carbocycles. The van der Waals surface area contributed by atoms with Gasteiger partial charge in [0.1, 0.15) is 5.82 Å². The summed E-state index contributed by atoms with van der Waals surface area (Å²) < 4.78 is 3.36. The topological polar surface area (TPSA) is 56.7 Å². The predicted molar refractivity (Wildman–Crippen MR) is 77.8 cm³/mol. The summed E-state index contributed by atoms with van der Waals surface area (Å²) in [5.74, 6) is 1.85. The first-order valence-electron chi connectivity index (χ1n) is 5.77. The molecule has 0 atom stereocenters. The average Bonchev–Trinajstić information content (AvgIpc) is 2.99. The van der Waals surface area contributed by atoms with E-state index in [1.54, 1.807) is 23.1 Å². The Morgan fingerprint density at radius 2 is 2.33 bits per heavy atom. The number of hydrogen-bond acceptors (Lipinski definition) is 5. The Labute approximate surface area is 122 Å². The van der Waals surface area contributed by atoms with E-state index in [0.717, 1.165) is 21.2 Å². The van der Waals surface area contributed by atoms with Gasteiger partial charge in [0.05, 0.1) is 6.54 Å². The molecule has 2 N–H and O–H groups in total. The van der Waals surface area contributed by atoms with Gasteiger partial charge in [-0.05, 0) is 34.8 Å². The van der Waals surface area contributed by atoms with Crippen LogP contribution in [0.25, 0.3) is 0 Å². The van der Waals surface area contributed by atoms with Crippen molar-refractivity contribution in [3.63, 3.8) is 0 Å². The summed E-state index contributed by atoms with van der Waals surface area (Å²) in [7, 11) is 0. The standard InChI is InChI=1S/C11H13BrN4S2/c12-7-3-9(17-5-7)6-18-11-15-14-10(4-13)16(11)8-1-2-8/h3,5,8H,1-2,4,6,13H2. The van der Waals surface area contributed by atoms with Crippen LogP contribution in [0.2, 0.25) is 0 Å². The molecule has 1 fully saturated rings. The van der Waals surface area contributed by atoms with Crippen LogP contribution in [0.4, 0.5) is 0 Å². The fourth-order valence-corrected chi connectivity index (χ4v) is 4.34. The lowest BCUT2D eigenvalue weighted by Crippen LogP contribution is -2.07. The number of aromatic nitrogens is 3. The number of nitrogens with two attached hydrogens (primary N) is 1. The number of thiophene rings is 1. The molecule has 0 spiro atoms. The van der Waals surface area contributed by atoms with Crippen LogP contribution in [-0.4, -0.2) is 14.8 Å². The van der Waals surface area contributed by atoms with E-state index in [4.69, 9.17) is 5.73 Å². The van der Waals surface area contributed by atoms with Gasteiger partial charge >= 0.3 is 0 Å². The molecular weight excluding hydrogens is 332 g/mol. The quantitative estimate of drug-likeness (QED) is 0.846. The molecule has 7 heteroatoms. The third-order valence-corrected chi connectivity index (χ3v) is 5.67. The van der Waals surface area contributed by atoms with Gasteiger partial charge in [0.15, 0.2) is 5.16 Å². The number of halogens is 1. The zero-order valence-corrected chi connectivity index (χ0v) is 12.9. The molecular formula is C11H13BrN4S2. The minimum absolute atomic E-state index is 0.467. The largest absolute Gasteiger partial charge is 0.324 e. The van der Waals surface area contributed by atoms with Crippen molar-refractivity contribution >= 4 is 39.0 Å². The van der Waals surface area contributed by atoms with E-state index in [0.29, 0.717) is 12.6 Å². The van der Waals surface area contributed by atoms with Gasteiger partial charge in [0, 0.05) is 26.5 Å². The van der Waals surface area contributed by atoms with E-state index in [-0.39, 0.29) is 0 Å². The molecule has 18 heavy (non-hydrogen) atoms. The van der Waals surface area contributed by atoms with Crippen LogP contribution >= 0.6 is 39.0 Å². The Hall–Kier alpha value is -0.370. The second-order valence-corrected chi connectivity index (χ2v) is 7.08. The Kier molecular flexibility index (Phi) is 3.74. The SMILES string of the molecule is NCc1nnc(SCc2cc(Br)cs2)n1C1CC1. The molecule has 96 valence electrons. The van der Waals surface area contributed by atoms with Gasteiger partial charge in [0.2, 0.25) is 0 Å². The maximum absolute atomic E-state index is 5.70. The highest BCUT2D eigenvalue weighted by Gasteiger charge is 2.29. The lowest BCUT2D eigenvalue weighted by atomic mass is 10.5. The van der Waals surface area contributed by atoms with Crippen molar-refractivity contribution in [1.82, 2.24) is 14.8 Å². The Morgan fingerprint density at radius 1 is 1.50 bits per heavy atom. The zero-order chi connectivity index (χ0) is 12.5. The van der Waals surface area contributed by atoms with E-state index < -0.39 is 0 Å². The molecule has 0 radical (unpaired) electrons. The van der Waals surface area contributed by atoms with Crippen LogP contribution in [-0.2, 0) is 12.3 Å². The lowest BCUT2D eigenvalue weighted by molar-refractivity contribution is 0.626. The lowest BCUT2D eigenvalue weighted by Gasteiger charge is -2.06. The van der Waals surface area contributed by atoms with Crippen molar-refractivity contribution in [2.75, 3.05) is 0 Å². The molecule has 0 aliphatic heterocycles.